The van der Waals surface area contributed by atoms with E-state index in [1.165, 1.54) is 22.6 Å². The van der Waals surface area contributed by atoms with Crippen LogP contribution in [0.25, 0.3) is 11.3 Å². The molecule has 6 heteroatoms. The summed E-state index contributed by atoms with van der Waals surface area (Å²) in [5, 5.41) is 4.17. The van der Waals surface area contributed by atoms with Gasteiger partial charge in [-0.3, -0.25) is 9.88 Å². The van der Waals surface area contributed by atoms with Crippen LogP contribution in [0.4, 0.5) is 0 Å². The molecule has 1 aliphatic rings. The lowest BCUT2D eigenvalue weighted by Gasteiger charge is -2.21. The first-order chi connectivity index (χ1) is 12.8. The van der Waals surface area contributed by atoms with Gasteiger partial charge in [-0.05, 0) is 50.6 Å². The Morgan fingerprint density at radius 1 is 1.15 bits per heavy atom. The number of rotatable bonds is 6. The molecular weight excluding hydrogens is 346 g/mol. The third-order valence-corrected chi connectivity index (χ3v) is 5.73. The van der Waals surface area contributed by atoms with Crippen molar-refractivity contribution >= 4 is 11.3 Å². The van der Waals surface area contributed by atoms with E-state index in [-0.39, 0.29) is 0 Å². The highest BCUT2D eigenvalue weighted by Gasteiger charge is 2.18. The number of aromatic nitrogens is 2. The van der Waals surface area contributed by atoms with Gasteiger partial charge in [0.05, 0.1) is 12.6 Å². The molecule has 1 aliphatic heterocycles. The molecule has 0 saturated carbocycles. The van der Waals surface area contributed by atoms with E-state index in [9.17, 15) is 0 Å². The summed E-state index contributed by atoms with van der Waals surface area (Å²) >= 11 is 1.86. The predicted octanol–water partition coefficient (Wildman–Crippen LogP) is 4.67. The standard InChI is InChI=1S/C20H23N3O2S/c1-23(13-16-12-18(22-25-16)15-7-9-21-10-8-15)14-17-5-6-20(26-17)19-4-2-3-11-24-19/h5-10,12,19H,2-4,11,13-14H2,1H3/t19-/m1/s1. The van der Waals surface area contributed by atoms with Crippen LogP contribution < -0.4 is 0 Å². The van der Waals surface area contributed by atoms with Gasteiger partial charge in [0.15, 0.2) is 5.76 Å². The van der Waals surface area contributed by atoms with Crippen molar-refractivity contribution in [2.45, 2.75) is 38.5 Å². The van der Waals surface area contributed by atoms with Crippen molar-refractivity contribution in [1.82, 2.24) is 15.0 Å². The number of ether oxygens (including phenoxy) is 1. The van der Waals surface area contributed by atoms with Crippen molar-refractivity contribution in [3.63, 3.8) is 0 Å². The van der Waals surface area contributed by atoms with Gasteiger partial charge >= 0.3 is 0 Å². The largest absolute Gasteiger partial charge is 0.373 e. The van der Waals surface area contributed by atoms with Gasteiger partial charge in [-0.25, -0.2) is 0 Å². The first-order valence-corrected chi connectivity index (χ1v) is 9.84. The molecule has 0 aromatic carbocycles. The smallest absolute Gasteiger partial charge is 0.151 e. The molecule has 3 aromatic rings. The number of hydrogen-bond acceptors (Lipinski definition) is 6. The molecular formula is C20H23N3O2S. The van der Waals surface area contributed by atoms with Crippen molar-refractivity contribution in [1.29, 1.82) is 0 Å². The molecule has 136 valence electrons. The lowest BCUT2D eigenvalue weighted by atomic mass is 10.1. The van der Waals surface area contributed by atoms with Crippen LogP contribution in [0.1, 0.15) is 40.9 Å². The second kappa shape index (κ2) is 8.12. The minimum absolute atomic E-state index is 0.296. The molecule has 26 heavy (non-hydrogen) atoms. The van der Waals surface area contributed by atoms with Crippen LogP contribution in [0.5, 0.6) is 0 Å². The Balaban J connectivity index is 1.35. The van der Waals surface area contributed by atoms with Gasteiger partial charge in [-0.2, -0.15) is 0 Å². The molecule has 0 spiro atoms. The second-order valence-electron chi connectivity index (χ2n) is 6.75. The highest BCUT2D eigenvalue weighted by molar-refractivity contribution is 7.12. The summed E-state index contributed by atoms with van der Waals surface area (Å²) < 4.78 is 11.4. The van der Waals surface area contributed by atoms with Crippen LogP contribution in [0.3, 0.4) is 0 Å². The minimum Gasteiger partial charge on any atom is -0.373 e. The first kappa shape index (κ1) is 17.4. The molecule has 0 radical (unpaired) electrons. The molecule has 4 rings (SSSR count). The number of hydrogen-bond donors (Lipinski definition) is 0. The van der Waals surface area contributed by atoms with Crippen LogP contribution in [0.15, 0.2) is 47.2 Å². The van der Waals surface area contributed by atoms with Crippen LogP contribution in [-0.2, 0) is 17.8 Å². The lowest BCUT2D eigenvalue weighted by molar-refractivity contribution is 0.0172. The highest BCUT2D eigenvalue weighted by Crippen LogP contribution is 2.33. The van der Waals surface area contributed by atoms with E-state index < -0.39 is 0 Å². The van der Waals surface area contributed by atoms with Crippen molar-refractivity contribution < 1.29 is 9.26 Å². The topological polar surface area (TPSA) is 51.4 Å². The summed E-state index contributed by atoms with van der Waals surface area (Å²) in [4.78, 5) is 8.99. The van der Waals surface area contributed by atoms with Gasteiger partial charge in [0, 0.05) is 46.9 Å². The normalized spacial score (nSPS) is 17.7. The molecule has 0 N–H and O–H groups in total. The lowest BCUT2D eigenvalue weighted by Crippen LogP contribution is -2.16. The average molecular weight is 369 g/mol. The van der Waals surface area contributed by atoms with Gasteiger partial charge in [-0.1, -0.05) is 5.16 Å². The second-order valence-corrected chi connectivity index (χ2v) is 7.95. The third-order valence-electron chi connectivity index (χ3n) is 4.57. The van der Waals surface area contributed by atoms with Crippen molar-refractivity contribution in [3.05, 3.63) is 58.2 Å². The highest BCUT2D eigenvalue weighted by atomic mass is 32.1. The van der Waals surface area contributed by atoms with E-state index in [2.05, 4.69) is 34.2 Å². The van der Waals surface area contributed by atoms with Crippen LogP contribution >= 0.6 is 11.3 Å². The molecule has 5 nitrogen and oxygen atoms in total. The van der Waals surface area contributed by atoms with E-state index >= 15 is 0 Å². The maximum Gasteiger partial charge on any atom is 0.151 e. The van der Waals surface area contributed by atoms with E-state index in [4.69, 9.17) is 9.26 Å². The molecule has 4 heterocycles. The van der Waals surface area contributed by atoms with E-state index in [1.807, 2.05) is 29.5 Å². The average Bonchev–Trinajstić information content (AvgIpc) is 3.33. The van der Waals surface area contributed by atoms with Gasteiger partial charge in [0.1, 0.15) is 5.69 Å². The molecule has 0 unspecified atom stereocenters. The fourth-order valence-corrected chi connectivity index (χ4v) is 4.43. The summed E-state index contributed by atoms with van der Waals surface area (Å²) in [6.45, 7) is 2.51. The Hall–Kier alpha value is -2.02. The first-order valence-electron chi connectivity index (χ1n) is 9.03. The van der Waals surface area contributed by atoms with Gasteiger partial charge < -0.3 is 9.26 Å². The number of thiophene rings is 1. The van der Waals surface area contributed by atoms with Gasteiger partial charge in [-0.15, -0.1) is 11.3 Å². The van der Waals surface area contributed by atoms with Crippen LogP contribution in [0, 0.1) is 0 Å². The van der Waals surface area contributed by atoms with Crippen LogP contribution in [-0.4, -0.2) is 28.7 Å². The molecule has 1 fully saturated rings. The van der Waals surface area contributed by atoms with Crippen LogP contribution in [0.2, 0.25) is 0 Å². The van der Waals surface area contributed by atoms with Crippen molar-refractivity contribution in [3.8, 4) is 11.3 Å². The maximum atomic E-state index is 5.89. The minimum atomic E-state index is 0.296. The summed E-state index contributed by atoms with van der Waals surface area (Å²) in [5.41, 5.74) is 1.87. The SMILES string of the molecule is CN(Cc1cc(-c2ccncc2)no1)Cc1ccc([C@H]2CCCCO2)s1. The maximum absolute atomic E-state index is 5.89. The van der Waals surface area contributed by atoms with Crippen molar-refractivity contribution in [2.24, 2.45) is 0 Å². The van der Waals surface area contributed by atoms with E-state index in [0.717, 1.165) is 43.1 Å². The van der Waals surface area contributed by atoms with Gasteiger partial charge in [0.25, 0.3) is 0 Å². The molecule has 1 atom stereocenters. The Kier molecular flexibility index (Phi) is 5.43. The Bertz CT molecular complexity index is 824. The quantitative estimate of drug-likeness (QED) is 0.632. The zero-order valence-corrected chi connectivity index (χ0v) is 15.7. The van der Waals surface area contributed by atoms with E-state index in [0.29, 0.717) is 6.10 Å². The fraction of sp³-hybridized carbons (Fsp3) is 0.400. The predicted molar refractivity (Wildman–Crippen MR) is 102 cm³/mol. The molecule has 0 aliphatic carbocycles. The zero-order valence-electron chi connectivity index (χ0n) is 14.9. The Labute approximate surface area is 157 Å². The molecule has 0 amide bonds. The fourth-order valence-electron chi connectivity index (χ4n) is 3.25. The molecule has 1 saturated heterocycles. The number of nitrogens with zero attached hydrogens (tertiary/aromatic N) is 3. The number of pyridine rings is 1. The van der Waals surface area contributed by atoms with Crippen molar-refractivity contribution in [2.75, 3.05) is 13.7 Å². The summed E-state index contributed by atoms with van der Waals surface area (Å²) in [7, 11) is 2.10. The summed E-state index contributed by atoms with van der Waals surface area (Å²) in [6, 6.07) is 10.3. The Morgan fingerprint density at radius 3 is 2.85 bits per heavy atom. The molecule has 3 aromatic heterocycles. The van der Waals surface area contributed by atoms with Gasteiger partial charge in [0.2, 0.25) is 0 Å². The summed E-state index contributed by atoms with van der Waals surface area (Å²) in [5.74, 6) is 0.867. The van der Waals surface area contributed by atoms with E-state index in [1.54, 1.807) is 12.4 Å². The Morgan fingerprint density at radius 2 is 2.04 bits per heavy atom. The zero-order chi connectivity index (χ0) is 17.8. The third kappa shape index (κ3) is 4.20. The monoisotopic (exact) mass is 369 g/mol. The molecule has 0 bridgehead atoms. The summed E-state index contributed by atoms with van der Waals surface area (Å²) in [6.07, 6.45) is 7.43.